The van der Waals surface area contributed by atoms with E-state index in [1.54, 1.807) is 7.05 Å². The molecule has 0 amide bonds. The van der Waals surface area contributed by atoms with Crippen LogP contribution in [0.1, 0.15) is 5.69 Å². The standard InChI is InChI=1S/C7H11N3/c1-6-4-3-5-7(9-6)10(2)8/h3-5H,8H2,1-2H3. The number of nitrogens with zero attached hydrogens (tertiary/aromatic N) is 2. The first-order valence-corrected chi connectivity index (χ1v) is 3.12. The predicted molar refractivity (Wildman–Crippen MR) is 41.6 cm³/mol. The van der Waals surface area contributed by atoms with E-state index < -0.39 is 0 Å². The second kappa shape index (κ2) is 2.66. The van der Waals surface area contributed by atoms with Crippen LogP contribution in [0, 0.1) is 6.92 Å². The van der Waals surface area contributed by atoms with Crippen LogP contribution in [0.4, 0.5) is 5.82 Å². The van der Waals surface area contributed by atoms with E-state index in [1.165, 1.54) is 5.01 Å². The van der Waals surface area contributed by atoms with E-state index in [9.17, 15) is 0 Å². The van der Waals surface area contributed by atoms with Crippen molar-refractivity contribution in [2.75, 3.05) is 12.1 Å². The van der Waals surface area contributed by atoms with Gasteiger partial charge in [0.15, 0.2) is 0 Å². The van der Waals surface area contributed by atoms with E-state index in [0.29, 0.717) is 0 Å². The fraction of sp³-hybridized carbons (Fsp3) is 0.286. The molecule has 0 fully saturated rings. The molecule has 1 aromatic rings. The van der Waals surface area contributed by atoms with E-state index in [2.05, 4.69) is 4.98 Å². The predicted octanol–water partition coefficient (Wildman–Crippen LogP) is 0.700. The number of hydrogen-bond acceptors (Lipinski definition) is 3. The first-order chi connectivity index (χ1) is 4.70. The zero-order valence-corrected chi connectivity index (χ0v) is 6.20. The van der Waals surface area contributed by atoms with Gasteiger partial charge in [-0.3, -0.25) is 5.01 Å². The summed E-state index contributed by atoms with van der Waals surface area (Å²) in [7, 11) is 1.77. The molecule has 0 spiro atoms. The third-order valence-electron chi connectivity index (χ3n) is 1.23. The summed E-state index contributed by atoms with van der Waals surface area (Å²) in [4.78, 5) is 4.17. The fourth-order valence-electron chi connectivity index (χ4n) is 0.725. The molecule has 1 aromatic heterocycles. The molecular formula is C7H11N3. The van der Waals surface area contributed by atoms with Crippen molar-refractivity contribution >= 4 is 5.82 Å². The molecule has 2 N–H and O–H groups in total. The molecule has 10 heavy (non-hydrogen) atoms. The highest BCUT2D eigenvalue weighted by Crippen LogP contribution is 2.04. The molecule has 0 unspecified atom stereocenters. The van der Waals surface area contributed by atoms with Gasteiger partial charge in [0, 0.05) is 12.7 Å². The molecule has 0 aliphatic heterocycles. The molecule has 0 saturated carbocycles. The van der Waals surface area contributed by atoms with E-state index >= 15 is 0 Å². The third-order valence-corrected chi connectivity index (χ3v) is 1.23. The van der Waals surface area contributed by atoms with Crippen molar-refractivity contribution in [3.05, 3.63) is 23.9 Å². The number of rotatable bonds is 1. The minimum atomic E-state index is 0.792. The minimum Gasteiger partial charge on any atom is -0.298 e. The van der Waals surface area contributed by atoms with E-state index in [1.807, 2.05) is 25.1 Å². The fourth-order valence-corrected chi connectivity index (χ4v) is 0.725. The van der Waals surface area contributed by atoms with Gasteiger partial charge in [-0.2, -0.15) is 0 Å². The summed E-state index contributed by atoms with van der Waals surface area (Å²) in [6.07, 6.45) is 0. The SMILES string of the molecule is Cc1cccc(N(C)N)n1. The van der Waals surface area contributed by atoms with Gasteiger partial charge in [0.1, 0.15) is 5.82 Å². The average molecular weight is 137 g/mol. The Labute approximate surface area is 60.5 Å². The largest absolute Gasteiger partial charge is 0.298 e. The summed E-state index contributed by atoms with van der Waals surface area (Å²) in [5.41, 5.74) is 0.981. The molecular weight excluding hydrogens is 126 g/mol. The van der Waals surface area contributed by atoms with E-state index in [-0.39, 0.29) is 0 Å². The smallest absolute Gasteiger partial charge is 0.142 e. The lowest BCUT2D eigenvalue weighted by Gasteiger charge is -2.09. The number of hydrazine groups is 1. The van der Waals surface area contributed by atoms with Crippen LogP contribution in [-0.2, 0) is 0 Å². The number of nitrogens with two attached hydrogens (primary N) is 1. The van der Waals surface area contributed by atoms with Crippen molar-refractivity contribution < 1.29 is 0 Å². The summed E-state index contributed by atoms with van der Waals surface area (Å²) < 4.78 is 0. The van der Waals surface area contributed by atoms with Crippen LogP contribution in [0.3, 0.4) is 0 Å². The third kappa shape index (κ3) is 1.45. The van der Waals surface area contributed by atoms with Gasteiger partial charge in [-0.15, -0.1) is 0 Å². The van der Waals surface area contributed by atoms with Crippen LogP contribution < -0.4 is 10.9 Å². The first kappa shape index (κ1) is 7.02. The van der Waals surface area contributed by atoms with Crippen LogP contribution in [-0.4, -0.2) is 12.0 Å². The molecule has 0 atom stereocenters. The highest BCUT2D eigenvalue weighted by Gasteiger charge is 1.94. The van der Waals surface area contributed by atoms with Crippen molar-refractivity contribution in [2.24, 2.45) is 5.84 Å². The molecule has 0 bridgehead atoms. The Morgan fingerprint density at radius 3 is 2.60 bits per heavy atom. The summed E-state index contributed by atoms with van der Waals surface area (Å²) in [6, 6.07) is 5.74. The lowest BCUT2D eigenvalue weighted by atomic mass is 10.4. The quantitative estimate of drug-likeness (QED) is 0.457. The van der Waals surface area contributed by atoms with Crippen molar-refractivity contribution in [3.63, 3.8) is 0 Å². The van der Waals surface area contributed by atoms with Gasteiger partial charge < -0.3 is 0 Å². The average Bonchev–Trinajstić information content (AvgIpc) is 1.88. The maximum atomic E-state index is 5.45. The van der Waals surface area contributed by atoms with Crippen molar-refractivity contribution in [1.82, 2.24) is 4.98 Å². The number of hydrogen-bond donors (Lipinski definition) is 1. The molecule has 0 aromatic carbocycles. The second-order valence-corrected chi connectivity index (χ2v) is 2.25. The zero-order chi connectivity index (χ0) is 7.56. The molecule has 0 saturated heterocycles. The molecule has 3 heteroatoms. The molecule has 3 nitrogen and oxygen atoms in total. The first-order valence-electron chi connectivity index (χ1n) is 3.12. The van der Waals surface area contributed by atoms with Crippen molar-refractivity contribution in [2.45, 2.75) is 6.92 Å². The van der Waals surface area contributed by atoms with Crippen LogP contribution in [0.25, 0.3) is 0 Å². The monoisotopic (exact) mass is 137 g/mol. The lowest BCUT2D eigenvalue weighted by Crippen LogP contribution is -2.26. The molecule has 1 rings (SSSR count). The summed E-state index contributed by atoms with van der Waals surface area (Å²) in [6.45, 7) is 1.94. The molecule has 54 valence electrons. The highest BCUT2D eigenvalue weighted by atomic mass is 15.4. The van der Waals surface area contributed by atoms with Crippen LogP contribution in [0.5, 0.6) is 0 Å². The number of aryl methyl sites for hydroxylation is 1. The van der Waals surface area contributed by atoms with Crippen molar-refractivity contribution in [1.29, 1.82) is 0 Å². The van der Waals surface area contributed by atoms with Gasteiger partial charge in [-0.05, 0) is 19.1 Å². The van der Waals surface area contributed by atoms with Crippen LogP contribution in [0.15, 0.2) is 18.2 Å². The van der Waals surface area contributed by atoms with Gasteiger partial charge in [0.2, 0.25) is 0 Å². The van der Waals surface area contributed by atoms with Gasteiger partial charge in [-0.25, -0.2) is 10.8 Å². The Morgan fingerprint density at radius 2 is 2.20 bits per heavy atom. The van der Waals surface area contributed by atoms with E-state index in [0.717, 1.165) is 11.5 Å². The zero-order valence-electron chi connectivity index (χ0n) is 6.20. The Balaban J connectivity index is 2.96. The number of pyridine rings is 1. The van der Waals surface area contributed by atoms with Crippen LogP contribution >= 0.6 is 0 Å². The highest BCUT2D eigenvalue weighted by molar-refractivity contribution is 5.35. The van der Waals surface area contributed by atoms with Gasteiger partial charge in [-0.1, -0.05) is 6.07 Å². The van der Waals surface area contributed by atoms with Crippen LogP contribution in [0.2, 0.25) is 0 Å². The summed E-state index contributed by atoms with van der Waals surface area (Å²) >= 11 is 0. The maximum Gasteiger partial charge on any atom is 0.142 e. The lowest BCUT2D eigenvalue weighted by molar-refractivity contribution is 0.966. The Hall–Kier alpha value is -1.09. The topological polar surface area (TPSA) is 42.1 Å². The molecule has 0 aliphatic rings. The van der Waals surface area contributed by atoms with Gasteiger partial charge in [0.05, 0.1) is 0 Å². The number of anilines is 1. The van der Waals surface area contributed by atoms with Crippen molar-refractivity contribution in [3.8, 4) is 0 Å². The summed E-state index contributed by atoms with van der Waals surface area (Å²) in [5.74, 6) is 6.25. The second-order valence-electron chi connectivity index (χ2n) is 2.25. The van der Waals surface area contributed by atoms with Gasteiger partial charge >= 0.3 is 0 Å². The Bertz CT molecular complexity index is 220. The maximum absolute atomic E-state index is 5.45. The Kier molecular flexibility index (Phi) is 1.87. The number of aromatic nitrogens is 1. The Morgan fingerprint density at radius 1 is 1.50 bits per heavy atom. The molecule has 0 radical (unpaired) electrons. The molecule has 1 heterocycles. The van der Waals surface area contributed by atoms with E-state index in [4.69, 9.17) is 5.84 Å². The van der Waals surface area contributed by atoms with Gasteiger partial charge in [0.25, 0.3) is 0 Å². The summed E-state index contributed by atoms with van der Waals surface area (Å²) in [5, 5.41) is 1.49. The normalized spacial score (nSPS) is 9.50. The minimum absolute atomic E-state index is 0.792. The molecule has 0 aliphatic carbocycles.